The fourth-order valence-electron chi connectivity index (χ4n) is 0.798. The van der Waals surface area contributed by atoms with Gasteiger partial charge < -0.3 is 11.8 Å². The monoisotopic (exact) mass is 197 g/mol. The van der Waals surface area contributed by atoms with Gasteiger partial charge in [0.15, 0.2) is 0 Å². The fraction of sp³-hybridized carbons (Fsp3) is 0.750. The molecule has 0 saturated heterocycles. The van der Waals surface area contributed by atoms with E-state index in [1.807, 2.05) is 0 Å². The van der Waals surface area contributed by atoms with Crippen LogP contribution in [0.1, 0.15) is 34.0 Å². The predicted octanol–water partition coefficient (Wildman–Crippen LogP) is -2.12. The third kappa shape index (κ3) is 11.9. The molecule has 13 heavy (non-hydrogen) atoms. The van der Waals surface area contributed by atoms with Crippen molar-refractivity contribution in [1.82, 2.24) is 5.32 Å². The average Bonchev–Trinajstić information content (AvgIpc) is 2.01. The van der Waals surface area contributed by atoms with Gasteiger partial charge in [-0.2, -0.15) is 0 Å². The van der Waals surface area contributed by atoms with Crippen LogP contribution < -0.4 is 34.9 Å². The number of carbonyl (C=O) groups is 2. The van der Waals surface area contributed by atoms with E-state index in [-0.39, 0.29) is 43.4 Å². The zero-order valence-electron chi connectivity index (χ0n) is 9.30. The summed E-state index contributed by atoms with van der Waals surface area (Å²) in [5, 5.41) is 10.5. The van der Waals surface area contributed by atoms with Crippen LogP contribution in [0.3, 0.4) is 0 Å². The molecule has 0 aliphatic carbocycles. The van der Waals surface area contributed by atoms with Gasteiger partial charge in [-0.05, 0) is 6.42 Å². The number of carbonyl (C=O) groups excluding carboxylic acids is 1. The SMILES string of the molecule is CCCCCC(=O)NCC(=O)O.[H-].[Na+]. The third-order valence-electron chi connectivity index (χ3n) is 1.44. The summed E-state index contributed by atoms with van der Waals surface area (Å²) < 4.78 is 0. The molecule has 5 heteroatoms. The Morgan fingerprint density at radius 1 is 1.38 bits per heavy atom. The first-order chi connectivity index (χ1) is 5.66. The summed E-state index contributed by atoms with van der Waals surface area (Å²) in [4.78, 5) is 20.9. The van der Waals surface area contributed by atoms with Crippen molar-refractivity contribution in [2.75, 3.05) is 6.54 Å². The predicted molar refractivity (Wildman–Crippen MR) is 45.9 cm³/mol. The maximum Gasteiger partial charge on any atom is 1.00 e. The van der Waals surface area contributed by atoms with Crippen molar-refractivity contribution < 1.29 is 45.7 Å². The standard InChI is InChI=1S/C8H15NO3.Na.H/c1-2-3-4-5-7(10)9-6-8(11)12;;/h2-6H2,1H3,(H,9,10)(H,11,12);;/q;+1;-1. The maximum absolute atomic E-state index is 10.8. The van der Waals surface area contributed by atoms with Crippen LogP contribution in [0.5, 0.6) is 0 Å². The molecule has 0 atom stereocenters. The van der Waals surface area contributed by atoms with Crippen LogP contribution in [0.25, 0.3) is 0 Å². The van der Waals surface area contributed by atoms with Gasteiger partial charge in [0.05, 0.1) is 0 Å². The van der Waals surface area contributed by atoms with Gasteiger partial charge in [-0.15, -0.1) is 0 Å². The smallest absolute Gasteiger partial charge is 1.00 e. The molecule has 0 aromatic rings. The van der Waals surface area contributed by atoms with Crippen LogP contribution >= 0.6 is 0 Å². The van der Waals surface area contributed by atoms with Crippen molar-refractivity contribution in [1.29, 1.82) is 0 Å². The van der Waals surface area contributed by atoms with E-state index in [0.717, 1.165) is 19.3 Å². The van der Waals surface area contributed by atoms with Gasteiger partial charge in [-0.1, -0.05) is 19.8 Å². The molecule has 0 aromatic heterocycles. The Labute approximate surface area is 102 Å². The molecule has 0 aliphatic heterocycles. The Kier molecular flexibility index (Phi) is 11.9. The minimum atomic E-state index is -1.00. The van der Waals surface area contributed by atoms with Crippen molar-refractivity contribution in [2.45, 2.75) is 32.6 Å². The second-order valence-electron chi connectivity index (χ2n) is 2.63. The molecule has 0 fully saturated rings. The first-order valence-corrected chi connectivity index (χ1v) is 4.15. The Balaban J connectivity index is -0.000000605. The topological polar surface area (TPSA) is 66.4 Å². The molecular weight excluding hydrogens is 181 g/mol. The number of hydrogen-bond donors (Lipinski definition) is 2. The summed E-state index contributed by atoms with van der Waals surface area (Å²) in [6.07, 6.45) is 3.34. The second kappa shape index (κ2) is 10.0. The van der Waals surface area contributed by atoms with Crippen molar-refractivity contribution in [3.63, 3.8) is 0 Å². The number of aliphatic carboxylic acids is 1. The summed E-state index contributed by atoms with van der Waals surface area (Å²) >= 11 is 0. The van der Waals surface area contributed by atoms with Gasteiger partial charge in [-0.3, -0.25) is 9.59 Å². The first kappa shape index (κ1) is 15.4. The summed E-state index contributed by atoms with van der Waals surface area (Å²) in [7, 11) is 0. The zero-order chi connectivity index (χ0) is 9.40. The van der Waals surface area contributed by atoms with E-state index in [2.05, 4.69) is 12.2 Å². The number of hydrogen-bond acceptors (Lipinski definition) is 2. The number of carboxylic acids is 1. The minimum absolute atomic E-state index is 0. The Morgan fingerprint density at radius 3 is 2.46 bits per heavy atom. The van der Waals surface area contributed by atoms with Gasteiger partial charge >= 0.3 is 35.5 Å². The molecule has 1 amide bonds. The molecular formula is C8H16NNaO3. The van der Waals surface area contributed by atoms with E-state index in [1.165, 1.54) is 0 Å². The molecule has 0 aromatic carbocycles. The molecule has 4 nitrogen and oxygen atoms in total. The Hall–Kier alpha value is -0.0600. The van der Waals surface area contributed by atoms with Crippen LogP contribution in [0.4, 0.5) is 0 Å². The summed E-state index contributed by atoms with van der Waals surface area (Å²) in [5.74, 6) is -1.18. The van der Waals surface area contributed by atoms with Crippen LogP contribution in [0.15, 0.2) is 0 Å². The van der Waals surface area contributed by atoms with Crippen molar-refractivity contribution in [3.8, 4) is 0 Å². The van der Waals surface area contributed by atoms with E-state index < -0.39 is 5.97 Å². The molecule has 72 valence electrons. The fourth-order valence-corrected chi connectivity index (χ4v) is 0.798. The zero-order valence-corrected chi connectivity index (χ0v) is 10.3. The Bertz CT molecular complexity index is 167. The molecule has 0 saturated carbocycles. The van der Waals surface area contributed by atoms with Crippen LogP contribution in [0.2, 0.25) is 0 Å². The molecule has 0 spiro atoms. The van der Waals surface area contributed by atoms with Gasteiger partial charge in [0.1, 0.15) is 6.54 Å². The quantitative estimate of drug-likeness (QED) is 0.378. The first-order valence-electron chi connectivity index (χ1n) is 4.15. The molecule has 0 unspecified atom stereocenters. The van der Waals surface area contributed by atoms with E-state index >= 15 is 0 Å². The summed E-state index contributed by atoms with van der Waals surface area (Å²) in [5.41, 5.74) is 0. The average molecular weight is 197 g/mol. The van der Waals surface area contributed by atoms with Crippen molar-refractivity contribution in [3.05, 3.63) is 0 Å². The molecule has 2 N–H and O–H groups in total. The van der Waals surface area contributed by atoms with Gasteiger partial charge in [0.2, 0.25) is 5.91 Å². The molecule has 0 aliphatic rings. The largest absolute Gasteiger partial charge is 1.00 e. The van der Waals surface area contributed by atoms with E-state index in [4.69, 9.17) is 5.11 Å². The van der Waals surface area contributed by atoms with Crippen LogP contribution in [-0.4, -0.2) is 23.5 Å². The molecule has 0 bridgehead atoms. The van der Waals surface area contributed by atoms with Gasteiger partial charge in [0.25, 0.3) is 0 Å². The molecule has 0 heterocycles. The number of carboxylic acid groups (broad SMARTS) is 1. The summed E-state index contributed by atoms with van der Waals surface area (Å²) in [6.45, 7) is 1.78. The Morgan fingerprint density at radius 2 is 2.00 bits per heavy atom. The molecule has 0 rings (SSSR count). The van der Waals surface area contributed by atoms with E-state index in [9.17, 15) is 9.59 Å². The van der Waals surface area contributed by atoms with Crippen LogP contribution in [0, 0.1) is 0 Å². The van der Waals surface area contributed by atoms with E-state index in [0.29, 0.717) is 6.42 Å². The normalized spacial score (nSPS) is 8.69. The van der Waals surface area contributed by atoms with Gasteiger partial charge in [-0.25, -0.2) is 0 Å². The van der Waals surface area contributed by atoms with Gasteiger partial charge in [0, 0.05) is 6.42 Å². The van der Waals surface area contributed by atoms with Crippen molar-refractivity contribution >= 4 is 11.9 Å². The number of rotatable bonds is 6. The number of amides is 1. The third-order valence-corrected chi connectivity index (χ3v) is 1.44. The molecule has 0 radical (unpaired) electrons. The second-order valence-corrected chi connectivity index (χ2v) is 2.63. The maximum atomic E-state index is 10.8. The number of unbranched alkanes of at least 4 members (excludes halogenated alkanes) is 2. The van der Waals surface area contributed by atoms with Crippen LogP contribution in [-0.2, 0) is 9.59 Å². The number of nitrogens with one attached hydrogen (secondary N) is 1. The van der Waals surface area contributed by atoms with Crippen molar-refractivity contribution in [2.24, 2.45) is 0 Å². The van der Waals surface area contributed by atoms with E-state index in [1.54, 1.807) is 0 Å². The minimum Gasteiger partial charge on any atom is -1.00 e. The summed E-state index contributed by atoms with van der Waals surface area (Å²) in [6, 6.07) is 0.